The van der Waals surface area contributed by atoms with E-state index in [1.807, 2.05) is 61.5 Å². The van der Waals surface area contributed by atoms with Crippen molar-refractivity contribution < 1.29 is 4.74 Å². The maximum atomic E-state index is 12.9. The van der Waals surface area contributed by atoms with Gasteiger partial charge in [-0.15, -0.1) is 0 Å². The van der Waals surface area contributed by atoms with Crippen LogP contribution in [0.25, 0.3) is 11.3 Å². The number of benzene rings is 2. The number of aromatic nitrogens is 3. The molecule has 6 heteroatoms. The molecule has 5 nitrogen and oxygen atoms in total. The Hall–Kier alpha value is -3.05. The van der Waals surface area contributed by atoms with Crippen molar-refractivity contribution in [1.82, 2.24) is 14.0 Å². The highest BCUT2D eigenvalue weighted by molar-refractivity contribution is 6.30. The van der Waals surface area contributed by atoms with E-state index >= 15 is 0 Å². The fraction of sp³-hybridized carbons (Fsp3) is 0.100. The first-order chi connectivity index (χ1) is 12.6. The number of aryl methyl sites for hydroxylation is 1. The third-order valence-electron chi connectivity index (χ3n) is 4.11. The van der Waals surface area contributed by atoms with Crippen LogP contribution in [-0.2, 0) is 6.61 Å². The smallest absolute Gasteiger partial charge is 0.339 e. The summed E-state index contributed by atoms with van der Waals surface area (Å²) in [7, 11) is 0. The maximum Gasteiger partial charge on any atom is 0.339 e. The Morgan fingerprint density at radius 1 is 1.04 bits per heavy atom. The summed E-state index contributed by atoms with van der Waals surface area (Å²) < 4.78 is 8.64. The number of fused-ring (bicyclic) bond motifs is 1. The van der Waals surface area contributed by atoms with Crippen LogP contribution in [0.3, 0.4) is 0 Å². The van der Waals surface area contributed by atoms with Crippen LogP contribution in [0.5, 0.6) is 5.75 Å². The number of halogens is 1. The standard InChI is InChI=1S/C20H16ClN3O2/c1-14-7-9-15(10-8-14)23-12-11-18-22-17(19(21)24(18)20(23)25)13-26-16-5-3-2-4-6-16/h2-12H,13H2,1H3. The molecule has 2 heterocycles. The van der Waals surface area contributed by atoms with Crippen molar-refractivity contribution >= 4 is 17.2 Å². The Morgan fingerprint density at radius 2 is 1.77 bits per heavy atom. The SMILES string of the molecule is Cc1ccc(-n2ccc3nc(COc4ccccc4)c(Cl)n3c2=O)cc1. The van der Waals surface area contributed by atoms with Gasteiger partial charge in [0.25, 0.3) is 0 Å². The molecule has 0 spiro atoms. The van der Waals surface area contributed by atoms with E-state index in [2.05, 4.69) is 4.98 Å². The minimum absolute atomic E-state index is 0.189. The van der Waals surface area contributed by atoms with Crippen LogP contribution >= 0.6 is 11.6 Å². The highest BCUT2D eigenvalue weighted by Gasteiger charge is 2.15. The van der Waals surface area contributed by atoms with E-state index in [1.165, 1.54) is 4.40 Å². The van der Waals surface area contributed by atoms with Crippen molar-refractivity contribution in [1.29, 1.82) is 0 Å². The molecule has 2 aromatic heterocycles. The molecule has 0 aliphatic rings. The average molecular weight is 366 g/mol. The lowest BCUT2D eigenvalue weighted by atomic mass is 10.2. The minimum atomic E-state index is -0.269. The average Bonchev–Trinajstić information content (AvgIpc) is 2.99. The molecule has 0 aliphatic heterocycles. The second-order valence-electron chi connectivity index (χ2n) is 5.95. The highest BCUT2D eigenvalue weighted by Crippen LogP contribution is 2.19. The lowest BCUT2D eigenvalue weighted by Gasteiger charge is -2.07. The number of hydrogen-bond donors (Lipinski definition) is 0. The summed E-state index contributed by atoms with van der Waals surface area (Å²) in [6.45, 7) is 2.19. The van der Waals surface area contributed by atoms with Gasteiger partial charge in [-0.3, -0.25) is 4.57 Å². The quantitative estimate of drug-likeness (QED) is 0.548. The van der Waals surface area contributed by atoms with E-state index in [9.17, 15) is 4.79 Å². The first kappa shape index (κ1) is 16.4. The molecule has 26 heavy (non-hydrogen) atoms. The molecule has 0 unspecified atom stereocenters. The number of nitrogens with zero attached hydrogens (tertiary/aromatic N) is 3. The zero-order valence-electron chi connectivity index (χ0n) is 14.1. The molecule has 0 atom stereocenters. The fourth-order valence-electron chi connectivity index (χ4n) is 2.73. The number of para-hydroxylation sites is 1. The molecule has 0 aliphatic carbocycles. The molecule has 0 amide bonds. The largest absolute Gasteiger partial charge is 0.487 e. The van der Waals surface area contributed by atoms with E-state index in [-0.39, 0.29) is 17.4 Å². The Morgan fingerprint density at radius 3 is 2.50 bits per heavy atom. The summed E-state index contributed by atoms with van der Waals surface area (Å²) in [6, 6.07) is 18.9. The number of hydrogen-bond acceptors (Lipinski definition) is 3. The van der Waals surface area contributed by atoms with E-state index < -0.39 is 0 Å². The van der Waals surface area contributed by atoms with Gasteiger partial charge in [0, 0.05) is 6.20 Å². The van der Waals surface area contributed by atoms with Crippen LogP contribution in [0.1, 0.15) is 11.3 Å². The van der Waals surface area contributed by atoms with Gasteiger partial charge in [-0.05, 0) is 37.3 Å². The Kier molecular flexibility index (Phi) is 4.22. The van der Waals surface area contributed by atoms with Crippen LogP contribution in [0.4, 0.5) is 0 Å². The molecule has 0 saturated heterocycles. The molecule has 4 rings (SSSR count). The zero-order chi connectivity index (χ0) is 18.1. The Bertz CT molecular complexity index is 1120. The number of ether oxygens (including phenoxy) is 1. The predicted octanol–water partition coefficient (Wildman–Crippen LogP) is 4.03. The van der Waals surface area contributed by atoms with Crippen LogP contribution < -0.4 is 10.4 Å². The van der Waals surface area contributed by atoms with Gasteiger partial charge >= 0.3 is 5.69 Å². The van der Waals surface area contributed by atoms with Crippen molar-refractivity contribution in [3.05, 3.63) is 93.8 Å². The summed E-state index contributed by atoms with van der Waals surface area (Å²) in [4.78, 5) is 17.3. The van der Waals surface area contributed by atoms with Gasteiger partial charge in [-0.2, -0.15) is 0 Å². The summed E-state index contributed by atoms with van der Waals surface area (Å²) in [5.74, 6) is 0.720. The molecular weight excluding hydrogens is 350 g/mol. The van der Waals surface area contributed by atoms with E-state index in [0.717, 1.165) is 17.0 Å². The van der Waals surface area contributed by atoms with Crippen LogP contribution in [-0.4, -0.2) is 14.0 Å². The molecule has 2 aromatic carbocycles. The van der Waals surface area contributed by atoms with Crippen molar-refractivity contribution in [2.75, 3.05) is 0 Å². The zero-order valence-corrected chi connectivity index (χ0v) is 14.8. The van der Waals surface area contributed by atoms with Gasteiger partial charge in [0.05, 0.1) is 5.69 Å². The topological polar surface area (TPSA) is 48.5 Å². The first-order valence-electron chi connectivity index (χ1n) is 8.17. The number of rotatable bonds is 4. The lowest BCUT2D eigenvalue weighted by molar-refractivity contribution is 0.302. The third kappa shape index (κ3) is 2.97. The highest BCUT2D eigenvalue weighted by atomic mass is 35.5. The summed E-state index contributed by atoms with van der Waals surface area (Å²) in [6.07, 6.45) is 1.70. The van der Waals surface area contributed by atoms with Crippen LogP contribution in [0.2, 0.25) is 5.15 Å². The van der Waals surface area contributed by atoms with Gasteiger partial charge in [-0.1, -0.05) is 47.5 Å². The van der Waals surface area contributed by atoms with Gasteiger partial charge in [0.2, 0.25) is 0 Å². The molecule has 0 bridgehead atoms. The minimum Gasteiger partial charge on any atom is -0.487 e. The van der Waals surface area contributed by atoms with Crippen molar-refractivity contribution in [3.8, 4) is 11.4 Å². The molecular formula is C20H16ClN3O2. The van der Waals surface area contributed by atoms with Gasteiger partial charge in [0.1, 0.15) is 28.9 Å². The second kappa shape index (κ2) is 6.69. The predicted molar refractivity (Wildman–Crippen MR) is 101 cm³/mol. The second-order valence-corrected chi connectivity index (χ2v) is 6.31. The van der Waals surface area contributed by atoms with Gasteiger partial charge < -0.3 is 4.74 Å². The monoisotopic (exact) mass is 365 g/mol. The first-order valence-corrected chi connectivity index (χ1v) is 8.54. The van der Waals surface area contributed by atoms with Crippen molar-refractivity contribution in [3.63, 3.8) is 0 Å². The molecule has 0 fully saturated rings. The Balaban J connectivity index is 1.72. The van der Waals surface area contributed by atoms with E-state index in [1.54, 1.807) is 16.8 Å². The molecule has 0 saturated carbocycles. The fourth-order valence-corrected chi connectivity index (χ4v) is 2.99. The van der Waals surface area contributed by atoms with Crippen LogP contribution in [0.15, 0.2) is 71.7 Å². The normalized spacial score (nSPS) is 11.0. The number of imidazole rings is 1. The lowest BCUT2D eigenvalue weighted by Crippen LogP contribution is -2.24. The summed E-state index contributed by atoms with van der Waals surface area (Å²) >= 11 is 6.42. The van der Waals surface area contributed by atoms with Gasteiger partial charge in [-0.25, -0.2) is 14.2 Å². The molecule has 0 N–H and O–H groups in total. The van der Waals surface area contributed by atoms with Crippen molar-refractivity contribution in [2.24, 2.45) is 0 Å². The van der Waals surface area contributed by atoms with Crippen molar-refractivity contribution in [2.45, 2.75) is 13.5 Å². The van der Waals surface area contributed by atoms with Crippen LogP contribution in [0, 0.1) is 6.92 Å². The maximum absolute atomic E-state index is 12.9. The van der Waals surface area contributed by atoms with E-state index in [0.29, 0.717) is 11.3 Å². The molecule has 0 radical (unpaired) electrons. The molecule has 130 valence electrons. The third-order valence-corrected chi connectivity index (χ3v) is 4.50. The van der Waals surface area contributed by atoms with E-state index in [4.69, 9.17) is 16.3 Å². The molecule has 4 aromatic rings. The Labute approximate surface area is 155 Å². The summed E-state index contributed by atoms with van der Waals surface area (Å²) in [5.41, 5.74) is 2.65. The van der Waals surface area contributed by atoms with Gasteiger partial charge in [0.15, 0.2) is 0 Å². The summed E-state index contributed by atoms with van der Waals surface area (Å²) in [5, 5.41) is 0.266.